The topological polar surface area (TPSA) is 77.5 Å². The van der Waals surface area contributed by atoms with Crippen molar-refractivity contribution in [2.24, 2.45) is 0 Å². The maximum absolute atomic E-state index is 13.3. The summed E-state index contributed by atoms with van der Waals surface area (Å²) in [5.74, 6) is -1.01. The summed E-state index contributed by atoms with van der Waals surface area (Å²) in [5, 5.41) is 0. The highest BCUT2D eigenvalue weighted by Crippen LogP contribution is 2.44. The number of anilines is 1. The monoisotopic (exact) mass is 482 g/mol. The third kappa shape index (κ3) is 4.72. The molecule has 0 fully saturated rings. The first-order valence-corrected chi connectivity index (χ1v) is 11.2. The summed E-state index contributed by atoms with van der Waals surface area (Å²) in [4.78, 5) is 3.35. The molecule has 0 saturated heterocycles. The van der Waals surface area contributed by atoms with Gasteiger partial charge in [-0.2, -0.15) is 17.6 Å². The average Bonchev–Trinajstić information content (AvgIpc) is 2.77. The van der Waals surface area contributed by atoms with Gasteiger partial charge in [0, 0.05) is 23.1 Å². The maximum Gasteiger partial charge on any atom is 0.416 e. The summed E-state index contributed by atoms with van der Waals surface area (Å²) in [6.45, 7) is 0.226. The molecule has 0 spiro atoms. The van der Waals surface area contributed by atoms with E-state index in [1.54, 1.807) is 6.07 Å². The number of nitrogens with zero attached hydrogens (tertiary/aromatic N) is 1. The molecule has 2 heterocycles. The number of pyridine rings is 1. The highest BCUT2D eigenvalue weighted by atomic mass is 32.2. The SMILES string of the molecule is COc1cc(C(F)(F)F)ccc1C1CCOc2cc(S(=O)(=O)Nc3cccc(F)n3)ccc21. The number of halogens is 4. The molecule has 11 heteroatoms. The number of ether oxygens (including phenoxy) is 2. The summed E-state index contributed by atoms with van der Waals surface area (Å²) in [7, 11) is -2.80. The smallest absolute Gasteiger partial charge is 0.416 e. The van der Waals surface area contributed by atoms with Crippen LogP contribution >= 0.6 is 0 Å². The molecule has 0 amide bonds. The van der Waals surface area contributed by atoms with Crippen molar-refractivity contribution in [3.05, 3.63) is 77.2 Å². The van der Waals surface area contributed by atoms with E-state index in [4.69, 9.17) is 9.47 Å². The molecule has 1 aliphatic heterocycles. The van der Waals surface area contributed by atoms with Crippen molar-refractivity contribution in [3.8, 4) is 11.5 Å². The molecule has 1 aliphatic rings. The van der Waals surface area contributed by atoms with Crippen LogP contribution in [0.3, 0.4) is 0 Å². The van der Waals surface area contributed by atoms with Crippen molar-refractivity contribution < 1.29 is 35.5 Å². The van der Waals surface area contributed by atoms with Crippen LogP contribution in [0.4, 0.5) is 23.4 Å². The van der Waals surface area contributed by atoms with Crippen molar-refractivity contribution in [2.75, 3.05) is 18.4 Å². The van der Waals surface area contributed by atoms with Gasteiger partial charge in [-0.25, -0.2) is 13.4 Å². The number of methoxy groups -OCH3 is 1. The van der Waals surface area contributed by atoms with Crippen LogP contribution in [0, 0.1) is 5.95 Å². The number of hydrogen-bond donors (Lipinski definition) is 1. The average molecular weight is 482 g/mol. The Bertz CT molecular complexity index is 1300. The summed E-state index contributed by atoms with van der Waals surface area (Å²) in [5.41, 5.74) is 0.323. The van der Waals surface area contributed by atoms with Crippen LogP contribution < -0.4 is 14.2 Å². The van der Waals surface area contributed by atoms with Crippen molar-refractivity contribution >= 4 is 15.8 Å². The zero-order valence-electron chi connectivity index (χ0n) is 17.2. The fourth-order valence-corrected chi connectivity index (χ4v) is 4.71. The second kappa shape index (κ2) is 8.54. The second-order valence-electron chi connectivity index (χ2n) is 7.29. The largest absolute Gasteiger partial charge is 0.496 e. The second-order valence-corrected chi connectivity index (χ2v) is 8.98. The molecule has 1 N–H and O–H groups in total. The molecule has 0 saturated carbocycles. The molecule has 174 valence electrons. The molecule has 1 unspecified atom stereocenters. The number of sulfonamides is 1. The van der Waals surface area contributed by atoms with Gasteiger partial charge in [0.15, 0.2) is 0 Å². The van der Waals surface area contributed by atoms with Gasteiger partial charge in [-0.15, -0.1) is 0 Å². The number of rotatable bonds is 5. The third-order valence-corrected chi connectivity index (χ3v) is 6.58. The van der Waals surface area contributed by atoms with E-state index in [0.717, 1.165) is 18.2 Å². The van der Waals surface area contributed by atoms with Gasteiger partial charge < -0.3 is 9.47 Å². The molecule has 0 bridgehead atoms. The number of fused-ring (bicyclic) bond motifs is 1. The Morgan fingerprint density at radius 3 is 2.55 bits per heavy atom. The fourth-order valence-electron chi connectivity index (χ4n) is 3.70. The minimum atomic E-state index is -4.51. The number of nitrogens with one attached hydrogen (secondary N) is 1. The Labute approximate surface area is 187 Å². The summed E-state index contributed by atoms with van der Waals surface area (Å²) in [6, 6.07) is 11.2. The van der Waals surface area contributed by atoms with E-state index in [0.29, 0.717) is 17.5 Å². The molecular weight excluding hydrogens is 464 g/mol. The van der Waals surface area contributed by atoms with Gasteiger partial charge in [0.1, 0.15) is 17.3 Å². The van der Waals surface area contributed by atoms with Gasteiger partial charge in [-0.3, -0.25) is 4.72 Å². The molecule has 33 heavy (non-hydrogen) atoms. The molecule has 3 aromatic rings. The van der Waals surface area contributed by atoms with Crippen molar-refractivity contribution in [3.63, 3.8) is 0 Å². The van der Waals surface area contributed by atoms with Crippen molar-refractivity contribution in [1.82, 2.24) is 4.98 Å². The van der Waals surface area contributed by atoms with Crippen LogP contribution in [0.25, 0.3) is 0 Å². The Balaban J connectivity index is 1.68. The predicted octanol–water partition coefficient (Wildman–Crippen LogP) is 4.96. The molecule has 1 aromatic heterocycles. The molecule has 0 aliphatic carbocycles. The normalized spacial score (nSPS) is 16.0. The van der Waals surface area contributed by atoms with Gasteiger partial charge in [0.05, 0.1) is 24.2 Å². The van der Waals surface area contributed by atoms with Crippen LogP contribution in [-0.2, 0) is 16.2 Å². The lowest BCUT2D eigenvalue weighted by atomic mass is 9.85. The van der Waals surface area contributed by atoms with Crippen molar-refractivity contribution in [2.45, 2.75) is 23.4 Å². The minimum Gasteiger partial charge on any atom is -0.496 e. The first-order valence-electron chi connectivity index (χ1n) is 9.76. The Morgan fingerprint density at radius 1 is 1.09 bits per heavy atom. The third-order valence-electron chi connectivity index (χ3n) is 5.23. The maximum atomic E-state index is 13.3. The van der Waals surface area contributed by atoms with Gasteiger partial charge in [0.2, 0.25) is 5.95 Å². The Hall–Kier alpha value is -3.34. The summed E-state index contributed by atoms with van der Waals surface area (Å²) >= 11 is 0. The zero-order valence-corrected chi connectivity index (χ0v) is 18.0. The van der Waals surface area contributed by atoms with Crippen LogP contribution in [0.1, 0.15) is 29.0 Å². The molecule has 4 rings (SSSR count). The predicted molar refractivity (Wildman–Crippen MR) is 111 cm³/mol. The van der Waals surface area contributed by atoms with Gasteiger partial charge in [0.25, 0.3) is 10.0 Å². The Kier molecular flexibility index (Phi) is 5.91. The van der Waals surface area contributed by atoms with E-state index in [9.17, 15) is 26.0 Å². The number of aromatic nitrogens is 1. The summed E-state index contributed by atoms with van der Waals surface area (Å²) in [6.07, 6.45) is -4.04. The molecular formula is C22H18F4N2O4S. The molecule has 0 radical (unpaired) electrons. The highest BCUT2D eigenvalue weighted by molar-refractivity contribution is 7.92. The highest BCUT2D eigenvalue weighted by Gasteiger charge is 2.33. The van der Waals surface area contributed by atoms with Gasteiger partial charge >= 0.3 is 6.18 Å². The molecule has 6 nitrogen and oxygen atoms in total. The molecule has 2 aromatic carbocycles. The van der Waals surface area contributed by atoms with Crippen LogP contribution in [0.15, 0.2) is 59.5 Å². The van der Waals surface area contributed by atoms with E-state index in [-0.39, 0.29) is 34.7 Å². The zero-order chi connectivity index (χ0) is 23.8. The van der Waals surface area contributed by atoms with Crippen LogP contribution in [0.2, 0.25) is 0 Å². The van der Waals surface area contributed by atoms with E-state index >= 15 is 0 Å². The summed E-state index contributed by atoms with van der Waals surface area (Å²) < 4.78 is 91.1. The van der Waals surface area contributed by atoms with E-state index in [2.05, 4.69) is 9.71 Å². The number of alkyl halides is 3. The lowest BCUT2D eigenvalue weighted by molar-refractivity contribution is -0.137. The molecule has 1 atom stereocenters. The van der Waals surface area contributed by atoms with Crippen LogP contribution in [0.5, 0.6) is 11.5 Å². The van der Waals surface area contributed by atoms with E-state index in [1.807, 2.05) is 0 Å². The quantitative estimate of drug-likeness (QED) is 0.411. The van der Waals surface area contributed by atoms with E-state index < -0.39 is 27.7 Å². The lowest BCUT2D eigenvalue weighted by Crippen LogP contribution is -2.18. The lowest BCUT2D eigenvalue weighted by Gasteiger charge is -2.28. The Morgan fingerprint density at radius 2 is 1.85 bits per heavy atom. The number of benzene rings is 2. The van der Waals surface area contributed by atoms with Crippen molar-refractivity contribution in [1.29, 1.82) is 0 Å². The fraction of sp³-hybridized carbons (Fsp3) is 0.227. The van der Waals surface area contributed by atoms with Gasteiger partial charge in [-0.05, 0) is 36.8 Å². The van der Waals surface area contributed by atoms with Gasteiger partial charge in [-0.1, -0.05) is 18.2 Å². The standard InChI is InChI=1S/C22H18F4N2O4S/c1-31-18-11-13(22(24,25)26)5-7-16(18)15-9-10-32-19-12-14(6-8-17(15)19)33(29,30)28-21-4-2-3-20(23)27-21/h2-8,11-12,15H,9-10H2,1H3,(H,27,28). The van der Waals surface area contributed by atoms with Crippen LogP contribution in [-0.4, -0.2) is 27.1 Å². The van der Waals surface area contributed by atoms with E-state index in [1.165, 1.54) is 37.4 Å². The first kappa shape index (κ1) is 22.8. The first-order chi connectivity index (χ1) is 15.6. The minimum absolute atomic E-state index is 0.0817. The number of hydrogen-bond acceptors (Lipinski definition) is 5.